The first-order valence-corrected chi connectivity index (χ1v) is 8.00. The molecule has 2 rings (SSSR count). The van der Waals surface area contributed by atoms with Gasteiger partial charge in [0.25, 0.3) is 0 Å². The van der Waals surface area contributed by atoms with E-state index in [2.05, 4.69) is 37.9 Å². The lowest BCUT2D eigenvalue weighted by molar-refractivity contribution is 0.0527. The van der Waals surface area contributed by atoms with Crippen LogP contribution in [0.25, 0.3) is 0 Å². The average Bonchev–Trinajstić information content (AvgIpc) is 2.53. The van der Waals surface area contributed by atoms with Crippen LogP contribution >= 0.6 is 0 Å². The molecule has 0 bridgehead atoms. The normalized spacial score (nSPS) is 35.3. The molecule has 2 unspecified atom stereocenters. The Kier molecular flexibility index (Phi) is 4.71. The molecule has 0 aromatic heterocycles. The van der Waals surface area contributed by atoms with E-state index in [-0.39, 0.29) is 0 Å². The highest BCUT2D eigenvalue weighted by Gasteiger charge is 2.42. The first-order chi connectivity index (χ1) is 8.55. The predicted octanol–water partition coefficient (Wildman–Crippen LogP) is 3.13. The third-order valence-electron chi connectivity index (χ3n) is 5.50. The summed E-state index contributed by atoms with van der Waals surface area (Å²) in [6.45, 7) is 14.7. The molecule has 0 aromatic rings. The number of rotatable bonds is 2. The minimum absolute atomic E-state index is 0.642. The Hall–Kier alpha value is -0.0800. The quantitative estimate of drug-likeness (QED) is 0.812. The molecule has 0 radical (unpaired) electrons. The van der Waals surface area contributed by atoms with Gasteiger partial charge >= 0.3 is 0 Å². The second kappa shape index (κ2) is 5.92. The molecular formula is C16H32N2. The molecule has 0 amide bonds. The molecule has 2 heterocycles. The lowest BCUT2D eigenvalue weighted by Crippen LogP contribution is -2.48. The number of nitrogens with zero attached hydrogens (tertiary/aromatic N) is 1. The number of hydrogen-bond donors (Lipinski definition) is 1. The fourth-order valence-corrected chi connectivity index (χ4v) is 4.31. The van der Waals surface area contributed by atoms with E-state index in [1.807, 2.05) is 0 Å². The van der Waals surface area contributed by atoms with E-state index in [0.29, 0.717) is 5.41 Å². The zero-order chi connectivity index (χ0) is 13.2. The summed E-state index contributed by atoms with van der Waals surface area (Å²) >= 11 is 0. The first kappa shape index (κ1) is 14.3. The summed E-state index contributed by atoms with van der Waals surface area (Å²) in [4.78, 5) is 2.69. The van der Waals surface area contributed by atoms with Crippen molar-refractivity contribution in [1.82, 2.24) is 10.2 Å². The summed E-state index contributed by atoms with van der Waals surface area (Å²) < 4.78 is 0. The van der Waals surface area contributed by atoms with Crippen molar-refractivity contribution >= 4 is 0 Å². The summed E-state index contributed by atoms with van der Waals surface area (Å²) in [5.74, 6) is 1.71. The van der Waals surface area contributed by atoms with Crippen LogP contribution < -0.4 is 5.32 Å². The van der Waals surface area contributed by atoms with Gasteiger partial charge in [-0.1, -0.05) is 13.8 Å². The number of piperidine rings is 1. The number of nitrogens with one attached hydrogen (secondary N) is 1. The molecule has 1 N–H and O–H groups in total. The molecule has 2 atom stereocenters. The van der Waals surface area contributed by atoms with Crippen LogP contribution in [0.3, 0.4) is 0 Å². The molecule has 0 aromatic carbocycles. The van der Waals surface area contributed by atoms with E-state index < -0.39 is 0 Å². The van der Waals surface area contributed by atoms with Crippen molar-refractivity contribution in [3.05, 3.63) is 0 Å². The summed E-state index contributed by atoms with van der Waals surface area (Å²) in [6.07, 6.45) is 5.69. The summed E-state index contributed by atoms with van der Waals surface area (Å²) in [5, 5.41) is 3.63. The Morgan fingerprint density at radius 3 is 2.50 bits per heavy atom. The van der Waals surface area contributed by atoms with Crippen LogP contribution in [0.4, 0.5) is 0 Å². The molecule has 2 fully saturated rings. The van der Waals surface area contributed by atoms with Gasteiger partial charge in [-0.15, -0.1) is 0 Å². The highest BCUT2D eigenvalue weighted by molar-refractivity contribution is 4.95. The molecule has 0 aliphatic carbocycles. The van der Waals surface area contributed by atoms with E-state index in [1.165, 1.54) is 51.9 Å². The van der Waals surface area contributed by atoms with Crippen LogP contribution in [0.5, 0.6) is 0 Å². The molecule has 18 heavy (non-hydrogen) atoms. The average molecular weight is 252 g/mol. The fourth-order valence-electron chi connectivity index (χ4n) is 4.31. The Balaban J connectivity index is 2.08. The monoisotopic (exact) mass is 252 g/mol. The smallest absolute Gasteiger partial charge is 0.00385 e. The maximum absolute atomic E-state index is 3.63. The number of likely N-dealkylation sites (tertiary alicyclic amines) is 1. The largest absolute Gasteiger partial charge is 0.316 e. The Morgan fingerprint density at radius 1 is 1.06 bits per heavy atom. The summed E-state index contributed by atoms with van der Waals surface area (Å²) in [7, 11) is 0. The zero-order valence-corrected chi connectivity index (χ0v) is 12.8. The van der Waals surface area contributed by atoms with Crippen molar-refractivity contribution in [3.8, 4) is 0 Å². The summed E-state index contributed by atoms with van der Waals surface area (Å²) in [6, 6.07) is 0.722. The zero-order valence-electron chi connectivity index (χ0n) is 12.8. The van der Waals surface area contributed by atoms with Gasteiger partial charge in [-0.25, -0.2) is 0 Å². The van der Waals surface area contributed by atoms with Crippen LogP contribution in [0.1, 0.15) is 53.4 Å². The van der Waals surface area contributed by atoms with Crippen molar-refractivity contribution in [1.29, 1.82) is 0 Å². The second-order valence-corrected chi connectivity index (χ2v) is 7.15. The molecular weight excluding hydrogens is 220 g/mol. The van der Waals surface area contributed by atoms with Crippen LogP contribution in [-0.2, 0) is 0 Å². The van der Waals surface area contributed by atoms with Gasteiger partial charge in [0.05, 0.1) is 0 Å². The van der Waals surface area contributed by atoms with Gasteiger partial charge < -0.3 is 10.2 Å². The predicted molar refractivity (Wildman–Crippen MR) is 78.8 cm³/mol. The van der Waals surface area contributed by atoms with E-state index in [4.69, 9.17) is 0 Å². The third kappa shape index (κ3) is 2.91. The molecule has 2 nitrogen and oxygen atoms in total. The highest BCUT2D eigenvalue weighted by atomic mass is 15.1. The third-order valence-corrected chi connectivity index (χ3v) is 5.50. The van der Waals surface area contributed by atoms with Crippen molar-refractivity contribution in [2.24, 2.45) is 17.3 Å². The van der Waals surface area contributed by atoms with Gasteiger partial charge in [-0.05, 0) is 83.0 Å². The van der Waals surface area contributed by atoms with Gasteiger partial charge in [-0.2, -0.15) is 0 Å². The van der Waals surface area contributed by atoms with Gasteiger partial charge in [0.15, 0.2) is 0 Å². The van der Waals surface area contributed by atoms with Crippen molar-refractivity contribution in [3.63, 3.8) is 0 Å². The maximum Gasteiger partial charge on any atom is 0.00385 e. The van der Waals surface area contributed by atoms with Crippen LogP contribution in [0.2, 0.25) is 0 Å². The van der Waals surface area contributed by atoms with E-state index in [9.17, 15) is 0 Å². The Morgan fingerprint density at radius 2 is 1.83 bits per heavy atom. The molecule has 2 aliphatic rings. The molecule has 1 spiro atoms. The van der Waals surface area contributed by atoms with E-state index >= 15 is 0 Å². The maximum atomic E-state index is 3.63. The molecule has 0 saturated carbocycles. The molecule has 106 valence electrons. The molecule has 2 heteroatoms. The van der Waals surface area contributed by atoms with E-state index in [0.717, 1.165) is 17.9 Å². The highest BCUT2D eigenvalue weighted by Crippen LogP contribution is 2.46. The van der Waals surface area contributed by atoms with Gasteiger partial charge in [-0.3, -0.25) is 0 Å². The topological polar surface area (TPSA) is 15.3 Å². The molecule has 2 saturated heterocycles. The summed E-state index contributed by atoms with van der Waals surface area (Å²) in [5.41, 5.74) is 0.642. The number of hydrogen-bond acceptors (Lipinski definition) is 2. The lowest BCUT2D eigenvalue weighted by atomic mass is 9.62. The van der Waals surface area contributed by atoms with Crippen molar-refractivity contribution in [2.45, 2.75) is 59.4 Å². The van der Waals surface area contributed by atoms with Gasteiger partial charge in [0.1, 0.15) is 0 Å². The minimum atomic E-state index is 0.642. The fraction of sp³-hybridized carbons (Fsp3) is 1.00. The van der Waals surface area contributed by atoms with Gasteiger partial charge in [0.2, 0.25) is 0 Å². The van der Waals surface area contributed by atoms with Crippen LogP contribution in [-0.4, -0.2) is 37.1 Å². The Labute approximate surface area is 114 Å². The second-order valence-electron chi connectivity index (χ2n) is 7.15. The first-order valence-electron chi connectivity index (χ1n) is 8.00. The molecule has 2 aliphatic heterocycles. The van der Waals surface area contributed by atoms with Gasteiger partial charge in [0, 0.05) is 6.04 Å². The lowest BCUT2D eigenvalue weighted by Gasteiger charge is -2.46. The Bertz CT molecular complexity index is 262. The van der Waals surface area contributed by atoms with Crippen molar-refractivity contribution < 1.29 is 0 Å². The van der Waals surface area contributed by atoms with E-state index in [1.54, 1.807) is 0 Å². The van der Waals surface area contributed by atoms with Crippen LogP contribution in [0, 0.1) is 17.3 Å². The SMILES string of the molecule is CC(C)C1CNCCC12CCCN(C(C)C)CC2. The van der Waals surface area contributed by atoms with Crippen LogP contribution in [0.15, 0.2) is 0 Å². The van der Waals surface area contributed by atoms with Crippen molar-refractivity contribution in [2.75, 3.05) is 26.2 Å². The standard InChI is InChI=1S/C16H32N2/c1-13(2)15-12-17-9-7-16(15)6-5-10-18(11-8-16)14(3)4/h13-15,17H,5-12H2,1-4H3. The minimum Gasteiger partial charge on any atom is -0.316 e.